The van der Waals surface area contributed by atoms with Crippen molar-refractivity contribution in [1.29, 1.82) is 0 Å². The number of nitrogens with zero attached hydrogens (tertiary/aromatic N) is 4. The Kier molecular flexibility index (Phi) is 16.5. The van der Waals surface area contributed by atoms with Gasteiger partial charge in [0.15, 0.2) is 11.4 Å². The topological polar surface area (TPSA) is 253 Å². The Hall–Kier alpha value is -6.99. The number of benzene rings is 4. The number of ketones is 1. The summed E-state index contributed by atoms with van der Waals surface area (Å²) in [6.45, 7) is 18.5. The van der Waals surface area contributed by atoms with Crippen molar-refractivity contribution in [2.75, 3.05) is 45.7 Å². The van der Waals surface area contributed by atoms with Gasteiger partial charge in [0.25, 0.3) is 11.7 Å². The number of nitrogens with one attached hydrogen (secondary N) is 1. The molecule has 4 aromatic carbocycles. The highest BCUT2D eigenvalue weighted by Gasteiger charge is 2.50. The Morgan fingerprint density at radius 1 is 0.974 bits per heavy atom. The van der Waals surface area contributed by atoms with Crippen LogP contribution in [-0.2, 0) is 23.8 Å². The van der Waals surface area contributed by atoms with Crippen LogP contribution >= 0.6 is 0 Å². The van der Waals surface area contributed by atoms with Crippen molar-refractivity contribution in [2.24, 2.45) is 51.2 Å². The second kappa shape index (κ2) is 22.5. The molecule has 1 saturated heterocycles. The van der Waals surface area contributed by atoms with E-state index >= 15 is 0 Å². The molecule has 18 heteroatoms. The van der Waals surface area contributed by atoms with Crippen LogP contribution in [-0.4, -0.2) is 113 Å². The summed E-state index contributed by atoms with van der Waals surface area (Å²) in [5.41, 5.74) is 6.98. The Bertz CT molecular complexity index is 3220. The smallest absolute Gasteiger partial charge is 0.327 e. The molecule has 0 saturated carbocycles. The van der Waals surface area contributed by atoms with Crippen molar-refractivity contribution in [3.63, 3.8) is 0 Å². The number of aliphatic hydroxyl groups excluding tert-OH is 1. The molecule has 0 aliphatic carbocycles. The van der Waals surface area contributed by atoms with E-state index in [1.54, 1.807) is 39.2 Å². The maximum atomic E-state index is 15.0. The molecule has 5 aliphatic heterocycles. The van der Waals surface area contributed by atoms with E-state index in [2.05, 4.69) is 24.1 Å². The third kappa shape index (κ3) is 11.4. The van der Waals surface area contributed by atoms with Crippen LogP contribution in [0.5, 0.6) is 23.0 Å². The number of phenols is 2. The second-order valence-corrected chi connectivity index (χ2v) is 22.0. The van der Waals surface area contributed by atoms with Gasteiger partial charge in [-0.15, -0.1) is 0 Å². The number of methoxy groups -OCH3 is 2. The molecule has 1 amide bonds. The maximum Gasteiger partial charge on any atom is 0.327 e. The Morgan fingerprint density at radius 3 is 2.35 bits per heavy atom. The third-order valence-corrected chi connectivity index (χ3v) is 15.6. The molecule has 0 aromatic heterocycles. The zero-order valence-corrected chi connectivity index (χ0v) is 46.0. The molecule has 1 spiro atoms. The summed E-state index contributed by atoms with van der Waals surface area (Å²) >= 11 is 0. The van der Waals surface area contributed by atoms with E-state index in [4.69, 9.17) is 45.2 Å². The SMILES string of the molecule is COc1ccc2cc(/C(N)=C/N(N)CC(=O)OC3[C@H](C)C(O)[C@H](C)CC(C)/C=C/C=C(/C)C(=O)Nc4c(O)c5c(O)c(C)c6c(c5c5c4=NC4(CCN(CC(C)C)CC4)N=5)C(=O)[C@@](C)(O/C=C/[C@H](OC)[C@H]3C)O6)ccc2c1. The molecule has 4 aromatic rings. The number of rotatable bonds is 9. The molecule has 412 valence electrons. The highest BCUT2D eigenvalue weighted by Crippen LogP contribution is 2.50. The number of aliphatic hydroxyl groups is 1. The van der Waals surface area contributed by atoms with Gasteiger partial charge in [0.05, 0.1) is 47.6 Å². The molecule has 5 heterocycles. The minimum atomic E-state index is -2.00. The van der Waals surface area contributed by atoms with E-state index in [-0.39, 0.29) is 68.2 Å². The molecule has 18 nitrogen and oxygen atoms in total. The first-order chi connectivity index (χ1) is 36.5. The number of nitrogens with two attached hydrogens (primary N) is 2. The standard InChI is InChI=1S/C59H75N7O11/c1-31(2)28-65-22-20-59(21-23-65)63-48-45-46-52(69)37(8)55-47(45)56(71)58(9,77-55)75-24-19-43(74-11)35(6)54(76-44(67)30-66(61)29-42(60)40-16-15-39-27-41(73-10)18-17-38(39)26-40)36(7)51(68)34(5)25-32(3)13-12-14-33(4)57(72)62-50(53(46)70)49(48)64-59/h12-19,24,26-27,29,31-32,34-36,43,51,54,68-70H,20-23,25,28,30,60-61H2,1-11H3,(H,62,72)/b13-12+,24-19+,33-14-,42-29-/t32?,34-,35-,36-,43+,51?,54?,58+/m1/s1. The van der Waals surface area contributed by atoms with Gasteiger partial charge in [-0.3, -0.25) is 24.4 Å². The molecule has 1 fully saturated rings. The van der Waals surface area contributed by atoms with Crippen LogP contribution in [0, 0.1) is 36.5 Å². The van der Waals surface area contributed by atoms with Gasteiger partial charge >= 0.3 is 11.8 Å². The molecule has 8 N–H and O–H groups in total. The van der Waals surface area contributed by atoms with Crippen molar-refractivity contribution in [3.8, 4) is 23.0 Å². The van der Waals surface area contributed by atoms with Gasteiger partial charge in [0.2, 0.25) is 0 Å². The number of hydrogen-bond donors (Lipinski definition) is 6. The number of likely N-dealkylation sites (tertiary alicyclic amines) is 1. The number of allylic oxidation sites excluding steroid dienone is 3. The van der Waals surface area contributed by atoms with Gasteiger partial charge in [0, 0.05) is 81.1 Å². The molecular weight excluding hydrogens is 983 g/mol. The zero-order valence-electron chi connectivity index (χ0n) is 46.0. The van der Waals surface area contributed by atoms with Crippen LogP contribution in [0.4, 0.5) is 5.69 Å². The molecule has 5 aliphatic rings. The number of hydrazine groups is 1. The Labute approximate surface area is 449 Å². The highest BCUT2D eigenvalue weighted by atomic mass is 16.7. The van der Waals surface area contributed by atoms with E-state index in [1.165, 1.54) is 26.5 Å². The average Bonchev–Trinajstić information content (AvgIpc) is 4.16. The molecule has 5 bridgehead atoms. The second-order valence-electron chi connectivity index (χ2n) is 22.0. The van der Waals surface area contributed by atoms with E-state index in [0.717, 1.165) is 28.1 Å². The van der Waals surface area contributed by atoms with E-state index in [0.29, 0.717) is 55.1 Å². The molecule has 77 heavy (non-hydrogen) atoms. The summed E-state index contributed by atoms with van der Waals surface area (Å²) in [6.07, 6.45) is 8.53. The molecule has 0 radical (unpaired) electrons. The van der Waals surface area contributed by atoms with Crippen molar-refractivity contribution < 1.29 is 53.4 Å². The Balaban J connectivity index is 1.14. The summed E-state index contributed by atoms with van der Waals surface area (Å²) in [5.74, 6) is 1.24. The van der Waals surface area contributed by atoms with Crippen LogP contribution < -0.4 is 37.1 Å². The van der Waals surface area contributed by atoms with Gasteiger partial charge in [-0.1, -0.05) is 78.0 Å². The number of piperidine rings is 1. The number of Topliss-reactive ketones (excluding diaryl/α,β-unsaturated/α-hetero) is 1. The number of phenolic OH excluding ortho intramolecular Hbond substituents is 2. The fourth-order valence-electron chi connectivity index (χ4n) is 11.2. The van der Waals surface area contributed by atoms with Gasteiger partial charge in [-0.2, -0.15) is 0 Å². The minimum absolute atomic E-state index is 0.0260. The van der Waals surface area contributed by atoms with Crippen LogP contribution in [0.15, 0.2) is 88.7 Å². The first kappa shape index (κ1) is 56.2. The van der Waals surface area contributed by atoms with Crippen LogP contribution in [0.25, 0.3) is 27.2 Å². The molecule has 9 rings (SSSR count). The summed E-state index contributed by atoms with van der Waals surface area (Å²) in [7, 11) is 3.09. The first-order valence-electron chi connectivity index (χ1n) is 26.5. The number of hydrogen-bond acceptors (Lipinski definition) is 17. The van der Waals surface area contributed by atoms with Crippen molar-refractivity contribution >= 4 is 50.6 Å². The van der Waals surface area contributed by atoms with E-state index in [9.17, 15) is 29.7 Å². The maximum absolute atomic E-state index is 15.0. The van der Waals surface area contributed by atoms with Gasteiger partial charge in [0.1, 0.15) is 40.9 Å². The van der Waals surface area contributed by atoms with Gasteiger partial charge in [-0.25, -0.2) is 5.84 Å². The predicted molar refractivity (Wildman–Crippen MR) is 294 cm³/mol. The zero-order chi connectivity index (χ0) is 55.8. The largest absolute Gasteiger partial charge is 0.507 e. The quantitative estimate of drug-likeness (QED) is 0.0425. The number of amides is 1. The summed E-state index contributed by atoms with van der Waals surface area (Å²) in [6, 6.07) is 11.4. The molecular formula is C59H75N7O11. The number of ether oxygens (including phenoxy) is 5. The summed E-state index contributed by atoms with van der Waals surface area (Å²) in [5, 5.41) is 42.6. The molecule has 3 unspecified atom stereocenters. The monoisotopic (exact) mass is 1060 g/mol. The summed E-state index contributed by atoms with van der Waals surface area (Å²) in [4.78, 5) is 55.8. The third-order valence-electron chi connectivity index (χ3n) is 15.6. The predicted octanol–water partition coefficient (Wildman–Crippen LogP) is 7.05. The number of anilines is 1. The van der Waals surface area contributed by atoms with Crippen LogP contribution in [0.1, 0.15) is 96.1 Å². The highest BCUT2D eigenvalue weighted by molar-refractivity contribution is 6.19. The van der Waals surface area contributed by atoms with Gasteiger partial charge in [-0.05, 0) is 78.6 Å². The Morgan fingerprint density at radius 2 is 1.66 bits per heavy atom. The van der Waals surface area contributed by atoms with E-state index < -0.39 is 65.0 Å². The number of carbonyl (C=O) groups excluding carboxylic acids is 3. The lowest BCUT2D eigenvalue weighted by molar-refractivity contribution is -0.162. The number of carbonyl (C=O) groups is 3. The first-order valence-corrected chi connectivity index (χ1v) is 26.5. The lowest BCUT2D eigenvalue weighted by Crippen LogP contribution is -2.46. The van der Waals surface area contributed by atoms with Gasteiger partial charge < -0.3 is 60.0 Å². The van der Waals surface area contributed by atoms with Crippen LogP contribution in [0.2, 0.25) is 0 Å². The average molecular weight is 1060 g/mol. The number of esters is 1. The van der Waals surface area contributed by atoms with E-state index in [1.807, 2.05) is 70.2 Å². The normalized spacial score (nSPS) is 27.5. The fraction of sp³-hybridized carbons (Fsp3) is 0.475. The van der Waals surface area contributed by atoms with Crippen LogP contribution in [0.3, 0.4) is 0 Å². The minimum Gasteiger partial charge on any atom is -0.507 e. The van der Waals surface area contributed by atoms with Crippen molar-refractivity contribution in [3.05, 3.63) is 106 Å². The lowest BCUT2D eigenvalue weighted by atomic mass is 9.79. The molecule has 8 atom stereocenters. The van der Waals surface area contributed by atoms with Crippen molar-refractivity contribution in [2.45, 2.75) is 111 Å². The summed E-state index contributed by atoms with van der Waals surface area (Å²) < 4.78 is 30.2. The fourth-order valence-corrected chi connectivity index (χ4v) is 11.2. The van der Waals surface area contributed by atoms with Crippen molar-refractivity contribution in [1.82, 2.24) is 9.91 Å². The lowest BCUT2D eigenvalue weighted by Gasteiger charge is -2.37. The number of fused-ring (bicyclic) bond motifs is 14. The number of aromatic hydroxyl groups is 2.